The standard InChI is InChI=1S/C12H20N4S/c1-17-12-8-11(14-9-15-12)16(7-6-13)10-4-2-3-5-10/h8-10H,2-7,13H2,1H3. The lowest BCUT2D eigenvalue weighted by Gasteiger charge is -2.29. The van der Waals surface area contributed by atoms with Gasteiger partial charge >= 0.3 is 0 Å². The van der Waals surface area contributed by atoms with Gasteiger partial charge in [0.2, 0.25) is 0 Å². The molecule has 17 heavy (non-hydrogen) atoms. The highest BCUT2D eigenvalue weighted by molar-refractivity contribution is 7.98. The quantitative estimate of drug-likeness (QED) is 0.641. The zero-order valence-corrected chi connectivity index (χ0v) is 11.1. The Hall–Kier alpha value is -0.810. The van der Waals surface area contributed by atoms with E-state index in [2.05, 4.69) is 20.9 Å². The number of hydrogen-bond acceptors (Lipinski definition) is 5. The van der Waals surface area contributed by atoms with Crippen LogP contribution in [0, 0.1) is 0 Å². The molecule has 4 nitrogen and oxygen atoms in total. The second-order valence-electron chi connectivity index (χ2n) is 4.34. The van der Waals surface area contributed by atoms with Crippen molar-refractivity contribution in [2.45, 2.75) is 36.8 Å². The zero-order valence-electron chi connectivity index (χ0n) is 10.3. The lowest BCUT2D eigenvalue weighted by atomic mass is 10.2. The largest absolute Gasteiger partial charge is 0.352 e. The molecule has 1 aliphatic carbocycles. The smallest absolute Gasteiger partial charge is 0.133 e. The molecule has 2 rings (SSSR count). The zero-order chi connectivity index (χ0) is 12.1. The average Bonchev–Trinajstić information content (AvgIpc) is 2.89. The minimum Gasteiger partial charge on any atom is -0.352 e. The molecule has 0 amide bonds. The van der Waals surface area contributed by atoms with Crippen molar-refractivity contribution in [3.63, 3.8) is 0 Å². The van der Waals surface area contributed by atoms with Gasteiger partial charge in [-0.15, -0.1) is 11.8 Å². The fourth-order valence-corrected chi connectivity index (χ4v) is 2.81. The van der Waals surface area contributed by atoms with Gasteiger partial charge in [-0.05, 0) is 19.1 Å². The summed E-state index contributed by atoms with van der Waals surface area (Å²) in [6.07, 6.45) is 8.87. The molecular weight excluding hydrogens is 232 g/mol. The normalized spacial score (nSPS) is 16.4. The van der Waals surface area contributed by atoms with Gasteiger partial charge in [0.15, 0.2) is 0 Å². The highest BCUT2D eigenvalue weighted by atomic mass is 32.2. The van der Waals surface area contributed by atoms with E-state index in [4.69, 9.17) is 5.73 Å². The molecule has 1 aromatic rings. The summed E-state index contributed by atoms with van der Waals surface area (Å²) in [6.45, 7) is 1.56. The summed E-state index contributed by atoms with van der Waals surface area (Å²) in [7, 11) is 0. The molecule has 0 atom stereocenters. The summed E-state index contributed by atoms with van der Waals surface area (Å²) in [6, 6.07) is 2.68. The van der Waals surface area contributed by atoms with E-state index in [1.807, 2.05) is 6.26 Å². The Morgan fingerprint density at radius 2 is 2.18 bits per heavy atom. The maximum absolute atomic E-state index is 5.71. The third-order valence-electron chi connectivity index (χ3n) is 3.27. The van der Waals surface area contributed by atoms with Crippen LogP contribution in [0.15, 0.2) is 17.4 Å². The van der Waals surface area contributed by atoms with Gasteiger partial charge in [-0.3, -0.25) is 0 Å². The fraction of sp³-hybridized carbons (Fsp3) is 0.667. The Morgan fingerprint density at radius 1 is 1.41 bits per heavy atom. The summed E-state index contributed by atoms with van der Waals surface area (Å²) in [5.74, 6) is 1.03. The summed E-state index contributed by atoms with van der Waals surface area (Å²) in [5, 5.41) is 1.02. The van der Waals surface area contributed by atoms with E-state index in [1.54, 1.807) is 18.1 Å². The summed E-state index contributed by atoms with van der Waals surface area (Å²) in [5.41, 5.74) is 5.71. The highest BCUT2D eigenvalue weighted by Gasteiger charge is 2.23. The Balaban J connectivity index is 2.18. The van der Waals surface area contributed by atoms with E-state index in [0.29, 0.717) is 12.6 Å². The van der Waals surface area contributed by atoms with Gasteiger partial charge in [-0.1, -0.05) is 12.8 Å². The first-order chi connectivity index (χ1) is 8.35. The fourth-order valence-electron chi connectivity index (χ4n) is 2.44. The lowest BCUT2D eigenvalue weighted by Crippen LogP contribution is -2.38. The first kappa shape index (κ1) is 12.6. The topological polar surface area (TPSA) is 55.0 Å². The molecule has 2 N–H and O–H groups in total. The van der Waals surface area contributed by atoms with Crippen molar-refractivity contribution in [1.29, 1.82) is 0 Å². The first-order valence-electron chi connectivity index (χ1n) is 6.18. The predicted molar refractivity (Wildman–Crippen MR) is 72.5 cm³/mol. The lowest BCUT2D eigenvalue weighted by molar-refractivity contribution is 0.600. The Labute approximate surface area is 107 Å². The molecule has 0 unspecified atom stereocenters. The van der Waals surface area contributed by atoms with Crippen LogP contribution in [0.2, 0.25) is 0 Å². The van der Waals surface area contributed by atoms with Gasteiger partial charge in [0.25, 0.3) is 0 Å². The number of hydrogen-bond donors (Lipinski definition) is 1. The monoisotopic (exact) mass is 252 g/mol. The van der Waals surface area contributed by atoms with E-state index in [1.165, 1.54) is 25.7 Å². The minimum atomic E-state index is 0.614. The van der Waals surface area contributed by atoms with Crippen LogP contribution < -0.4 is 10.6 Å². The third-order valence-corrected chi connectivity index (χ3v) is 3.91. The van der Waals surface area contributed by atoms with Gasteiger partial charge in [0, 0.05) is 25.2 Å². The molecule has 5 heteroatoms. The van der Waals surface area contributed by atoms with E-state index in [9.17, 15) is 0 Å². The second-order valence-corrected chi connectivity index (χ2v) is 5.17. The maximum Gasteiger partial charge on any atom is 0.133 e. The van der Waals surface area contributed by atoms with Crippen LogP contribution in [0.5, 0.6) is 0 Å². The van der Waals surface area contributed by atoms with Gasteiger partial charge in [0.05, 0.1) is 0 Å². The molecule has 0 bridgehead atoms. The van der Waals surface area contributed by atoms with Gasteiger partial charge in [-0.25, -0.2) is 9.97 Å². The first-order valence-corrected chi connectivity index (χ1v) is 7.40. The van der Waals surface area contributed by atoms with Gasteiger partial charge in [0.1, 0.15) is 17.2 Å². The number of thioether (sulfide) groups is 1. The van der Waals surface area contributed by atoms with Crippen LogP contribution >= 0.6 is 11.8 Å². The van der Waals surface area contributed by atoms with Crippen LogP contribution in [0.3, 0.4) is 0 Å². The number of rotatable bonds is 5. The van der Waals surface area contributed by atoms with Crippen molar-refractivity contribution in [2.75, 3.05) is 24.2 Å². The Morgan fingerprint density at radius 3 is 2.82 bits per heavy atom. The summed E-state index contributed by atoms with van der Waals surface area (Å²) in [4.78, 5) is 11.0. The second kappa shape index (κ2) is 6.21. The maximum atomic E-state index is 5.71. The van der Waals surface area contributed by atoms with Crippen molar-refractivity contribution in [2.24, 2.45) is 5.73 Å². The number of anilines is 1. The molecule has 94 valence electrons. The molecule has 0 radical (unpaired) electrons. The van der Waals surface area contributed by atoms with Crippen molar-refractivity contribution in [3.05, 3.63) is 12.4 Å². The van der Waals surface area contributed by atoms with Crippen molar-refractivity contribution in [3.8, 4) is 0 Å². The Kier molecular flexibility index (Phi) is 4.62. The molecule has 1 aliphatic rings. The molecule has 1 aromatic heterocycles. The number of nitrogens with zero attached hydrogens (tertiary/aromatic N) is 3. The van der Waals surface area contributed by atoms with Crippen LogP contribution in [0.1, 0.15) is 25.7 Å². The van der Waals surface area contributed by atoms with Crippen LogP contribution in [-0.4, -0.2) is 35.4 Å². The molecule has 0 aromatic carbocycles. The van der Waals surface area contributed by atoms with Crippen molar-refractivity contribution >= 4 is 17.6 Å². The molecule has 1 saturated carbocycles. The van der Waals surface area contributed by atoms with E-state index in [-0.39, 0.29) is 0 Å². The molecular formula is C12H20N4S. The molecule has 0 spiro atoms. The van der Waals surface area contributed by atoms with Crippen LogP contribution in [0.25, 0.3) is 0 Å². The summed E-state index contributed by atoms with van der Waals surface area (Å²) >= 11 is 1.65. The van der Waals surface area contributed by atoms with Crippen LogP contribution in [-0.2, 0) is 0 Å². The predicted octanol–water partition coefficient (Wildman–Crippen LogP) is 1.91. The van der Waals surface area contributed by atoms with E-state index < -0.39 is 0 Å². The molecule has 0 saturated heterocycles. The van der Waals surface area contributed by atoms with Crippen molar-refractivity contribution < 1.29 is 0 Å². The van der Waals surface area contributed by atoms with Crippen molar-refractivity contribution in [1.82, 2.24) is 9.97 Å². The number of aromatic nitrogens is 2. The number of nitrogens with two attached hydrogens (primary N) is 1. The summed E-state index contributed by atoms with van der Waals surface area (Å²) < 4.78 is 0. The molecule has 1 fully saturated rings. The van der Waals surface area contributed by atoms with Gasteiger partial charge < -0.3 is 10.6 Å². The Bertz CT molecular complexity index is 352. The van der Waals surface area contributed by atoms with E-state index >= 15 is 0 Å². The van der Waals surface area contributed by atoms with Crippen LogP contribution in [0.4, 0.5) is 5.82 Å². The SMILES string of the molecule is CSc1cc(N(CCN)C2CCCC2)ncn1. The molecule has 0 aliphatic heterocycles. The highest BCUT2D eigenvalue weighted by Crippen LogP contribution is 2.27. The van der Waals surface area contributed by atoms with Gasteiger partial charge in [-0.2, -0.15) is 0 Å². The third kappa shape index (κ3) is 3.10. The molecule has 1 heterocycles. The van der Waals surface area contributed by atoms with E-state index in [0.717, 1.165) is 17.4 Å². The minimum absolute atomic E-state index is 0.614. The average molecular weight is 252 g/mol.